The third-order valence-corrected chi connectivity index (χ3v) is 3.95. The van der Waals surface area contributed by atoms with Crippen LogP contribution in [0.3, 0.4) is 0 Å². The van der Waals surface area contributed by atoms with Gasteiger partial charge in [-0.05, 0) is 36.4 Å². The van der Waals surface area contributed by atoms with Crippen molar-refractivity contribution in [2.75, 3.05) is 0 Å². The molecule has 3 aromatic rings. The van der Waals surface area contributed by atoms with Crippen LogP contribution >= 0.6 is 11.6 Å². The number of carbonyl (C=O) groups is 1. The van der Waals surface area contributed by atoms with Gasteiger partial charge in [-0.25, -0.2) is 4.39 Å². The molecule has 0 bridgehead atoms. The second kappa shape index (κ2) is 6.82. The van der Waals surface area contributed by atoms with E-state index in [9.17, 15) is 24.3 Å². The number of halogens is 2. The van der Waals surface area contributed by atoms with Crippen LogP contribution in [0.5, 0.6) is 5.75 Å². The number of ketones is 1. The summed E-state index contributed by atoms with van der Waals surface area (Å²) in [7, 11) is 0. The van der Waals surface area contributed by atoms with Gasteiger partial charge in [0.1, 0.15) is 23.2 Å². The molecule has 0 spiro atoms. The Morgan fingerprint density at radius 3 is 2.62 bits per heavy atom. The number of carbonyl (C=O) groups excluding carboxylic acids is 1. The minimum absolute atomic E-state index is 0.0676. The Kier molecular flexibility index (Phi) is 4.57. The number of phenols is 1. The third kappa shape index (κ3) is 3.08. The second-order valence-corrected chi connectivity index (χ2v) is 5.81. The highest BCUT2D eigenvalue weighted by Crippen LogP contribution is 2.24. The van der Waals surface area contributed by atoms with E-state index in [1.807, 2.05) is 0 Å². The Hall–Kier alpha value is -3.43. The monoisotopic (exact) mass is 368 g/mol. The van der Waals surface area contributed by atoms with Crippen LogP contribution in [-0.2, 0) is 0 Å². The Bertz CT molecular complexity index is 1130. The molecule has 128 valence electrons. The van der Waals surface area contributed by atoms with Crippen LogP contribution in [0.1, 0.15) is 21.5 Å². The van der Waals surface area contributed by atoms with Crippen molar-refractivity contribution in [3.63, 3.8) is 0 Å². The van der Waals surface area contributed by atoms with E-state index in [1.165, 1.54) is 36.4 Å². The van der Waals surface area contributed by atoms with Gasteiger partial charge in [0.2, 0.25) is 0 Å². The molecular formula is C19H10ClFN2O3. The van der Waals surface area contributed by atoms with Crippen LogP contribution in [0.25, 0.3) is 5.69 Å². The van der Waals surface area contributed by atoms with Crippen LogP contribution in [0.2, 0.25) is 5.02 Å². The molecule has 26 heavy (non-hydrogen) atoms. The summed E-state index contributed by atoms with van der Waals surface area (Å²) in [5, 5.41) is 19.3. The van der Waals surface area contributed by atoms with Crippen molar-refractivity contribution in [1.29, 1.82) is 5.26 Å². The molecule has 0 aliphatic heterocycles. The van der Waals surface area contributed by atoms with Gasteiger partial charge in [0.05, 0.1) is 11.3 Å². The second-order valence-electron chi connectivity index (χ2n) is 5.37. The number of nitriles is 1. The van der Waals surface area contributed by atoms with Gasteiger partial charge in [0, 0.05) is 16.8 Å². The van der Waals surface area contributed by atoms with E-state index in [0.29, 0.717) is 0 Å². The predicted octanol–water partition coefficient (Wildman–Crippen LogP) is 3.44. The van der Waals surface area contributed by atoms with Crippen molar-refractivity contribution in [2.45, 2.75) is 0 Å². The third-order valence-electron chi connectivity index (χ3n) is 3.72. The molecular weight excluding hydrogens is 359 g/mol. The molecule has 0 radical (unpaired) electrons. The lowest BCUT2D eigenvalue weighted by Crippen LogP contribution is -2.23. The minimum Gasteiger partial charge on any atom is -0.507 e. The van der Waals surface area contributed by atoms with Crippen LogP contribution in [0.4, 0.5) is 4.39 Å². The molecule has 0 saturated heterocycles. The standard InChI is InChI=1S/C19H10ClFN2O3/c20-13-5-6-17(24)14(8-13)18(25)12-7-11(9-22)19(26)23(10-12)16-4-2-1-3-15(16)21/h1-8,10,24H. The number of rotatable bonds is 3. The summed E-state index contributed by atoms with van der Waals surface area (Å²) in [5.41, 5.74) is -1.36. The maximum Gasteiger partial charge on any atom is 0.273 e. The molecule has 0 aliphatic carbocycles. The number of benzene rings is 2. The number of hydrogen-bond acceptors (Lipinski definition) is 4. The van der Waals surface area contributed by atoms with Crippen molar-refractivity contribution in [2.24, 2.45) is 0 Å². The van der Waals surface area contributed by atoms with Crippen molar-refractivity contribution >= 4 is 17.4 Å². The smallest absolute Gasteiger partial charge is 0.273 e. The molecule has 0 fully saturated rings. The zero-order valence-electron chi connectivity index (χ0n) is 13.1. The van der Waals surface area contributed by atoms with E-state index in [2.05, 4.69) is 0 Å². The first-order valence-electron chi connectivity index (χ1n) is 7.37. The van der Waals surface area contributed by atoms with E-state index >= 15 is 0 Å². The number of phenolic OH excluding ortho intramolecular Hbond substituents is 1. The van der Waals surface area contributed by atoms with Crippen molar-refractivity contribution in [1.82, 2.24) is 4.57 Å². The van der Waals surface area contributed by atoms with E-state index in [4.69, 9.17) is 11.6 Å². The summed E-state index contributed by atoms with van der Waals surface area (Å²) in [6.07, 6.45) is 1.13. The maximum absolute atomic E-state index is 14.1. The molecule has 3 rings (SSSR count). The Balaban J connectivity index is 2.24. The summed E-state index contributed by atoms with van der Waals surface area (Å²) < 4.78 is 15.0. The molecule has 1 heterocycles. The molecule has 1 N–H and O–H groups in total. The summed E-state index contributed by atoms with van der Waals surface area (Å²) in [5.74, 6) is -1.65. The highest BCUT2D eigenvalue weighted by atomic mass is 35.5. The van der Waals surface area contributed by atoms with Crippen LogP contribution in [0, 0.1) is 17.1 Å². The van der Waals surface area contributed by atoms with Crippen molar-refractivity contribution < 1.29 is 14.3 Å². The van der Waals surface area contributed by atoms with Crippen LogP contribution < -0.4 is 5.56 Å². The number of nitrogens with zero attached hydrogens (tertiary/aromatic N) is 2. The van der Waals surface area contributed by atoms with Crippen LogP contribution in [-0.4, -0.2) is 15.5 Å². The van der Waals surface area contributed by atoms with Gasteiger partial charge in [0.25, 0.3) is 5.56 Å². The van der Waals surface area contributed by atoms with Gasteiger partial charge in [-0.2, -0.15) is 5.26 Å². The molecule has 1 aromatic heterocycles. The lowest BCUT2D eigenvalue weighted by molar-refractivity contribution is 0.103. The van der Waals surface area contributed by atoms with Gasteiger partial charge in [-0.15, -0.1) is 0 Å². The number of aromatic hydroxyl groups is 1. The average molecular weight is 369 g/mol. The van der Waals surface area contributed by atoms with Crippen molar-refractivity contribution in [3.8, 4) is 17.5 Å². The molecule has 0 saturated carbocycles. The number of aromatic nitrogens is 1. The number of pyridine rings is 1. The summed E-state index contributed by atoms with van der Waals surface area (Å²) in [4.78, 5) is 25.1. The van der Waals surface area contributed by atoms with Crippen LogP contribution in [0.15, 0.2) is 59.5 Å². The minimum atomic E-state index is -0.760. The molecule has 0 aliphatic rings. The fourth-order valence-electron chi connectivity index (χ4n) is 2.46. The fraction of sp³-hybridized carbons (Fsp3) is 0. The zero-order valence-corrected chi connectivity index (χ0v) is 13.9. The normalized spacial score (nSPS) is 10.3. The molecule has 5 nitrogen and oxygen atoms in total. The molecule has 0 atom stereocenters. The lowest BCUT2D eigenvalue weighted by atomic mass is 10.0. The average Bonchev–Trinajstić information content (AvgIpc) is 2.64. The summed E-state index contributed by atoms with van der Waals surface area (Å²) >= 11 is 5.86. The quantitative estimate of drug-likeness (QED) is 0.718. The zero-order chi connectivity index (χ0) is 18.8. The van der Waals surface area contributed by atoms with Gasteiger partial charge in [0.15, 0.2) is 5.78 Å². The molecule has 0 amide bonds. The predicted molar refractivity (Wildman–Crippen MR) is 93.3 cm³/mol. The van der Waals surface area contributed by atoms with Gasteiger partial charge in [-0.3, -0.25) is 14.2 Å². The first-order valence-corrected chi connectivity index (χ1v) is 7.75. The highest BCUT2D eigenvalue weighted by molar-refractivity contribution is 6.31. The maximum atomic E-state index is 14.1. The molecule has 7 heteroatoms. The van der Waals surface area contributed by atoms with Crippen molar-refractivity contribution in [3.05, 3.63) is 92.6 Å². The molecule has 2 aromatic carbocycles. The van der Waals surface area contributed by atoms with Gasteiger partial charge >= 0.3 is 0 Å². The van der Waals surface area contributed by atoms with Gasteiger partial charge < -0.3 is 5.11 Å². The topological polar surface area (TPSA) is 83.1 Å². The lowest BCUT2D eigenvalue weighted by Gasteiger charge is -2.11. The molecule has 0 unspecified atom stereocenters. The number of para-hydroxylation sites is 1. The Labute approximate surface area is 152 Å². The van der Waals surface area contributed by atoms with E-state index in [-0.39, 0.29) is 33.1 Å². The van der Waals surface area contributed by atoms with E-state index in [0.717, 1.165) is 22.9 Å². The number of hydrogen-bond donors (Lipinski definition) is 1. The Morgan fingerprint density at radius 2 is 1.92 bits per heavy atom. The Morgan fingerprint density at radius 1 is 1.19 bits per heavy atom. The fourth-order valence-corrected chi connectivity index (χ4v) is 2.63. The van der Waals surface area contributed by atoms with Gasteiger partial charge in [-0.1, -0.05) is 23.7 Å². The first kappa shape index (κ1) is 17.4. The SMILES string of the molecule is N#Cc1cc(C(=O)c2cc(Cl)ccc2O)cn(-c2ccccc2F)c1=O. The largest absolute Gasteiger partial charge is 0.507 e. The van der Waals surface area contributed by atoms with E-state index in [1.54, 1.807) is 6.07 Å². The van der Waals surface area contributed by atoms with E-state index < -0.39 is 17.2 Å². The summed E-state index contributed by atoms with van der Waals surface area (Å²) in [6, 6.07) is 12.2. The highest BCUT2D eigenvalue weighted by Gasteiger charge is 2.19. The summed E-state index contributed by atoms with van der Waals surface area (Å²) in [6.45, 7) is 0. The first-order chi connectivity index (χ1) is 12.4.